The fraction of sp³-hybridized carbons (Fsp3) is 0.350. The second kappa shape index (κ2) is 10.0. The zero-order valence-corrected chi connectivity index (χ0v) is 16.6. The molecule has 0 fully saturated rings. The number of aromatic nitrogens is 3. The summed E-state index contributed by atoms with van der Waals surface area (Å²) < 4.78 is 13.1. The molecule has 0 unspecified atom stereocenters. The highest BCUT2D eigenvalue weighted by Crippen LogP contribution is 2.09. The van der Waals surface area contributed by atoms with Gasteiger partial charge in [-0.25, -0.2) is 0 Å². The molecule has 0 aliphatic heterocycles. The first-order valence-electron chi connectivity index (χ1n) is 9.24. The number of carbonyl (C=O) groups is 1. The van der Waals surface area contributed by atoms with Gasteiger partial charge in [-0.15, -0.1) is 0 Å². The second-order valence-corrected chi connectivity index (χ2v) is 6.84. The molecule has 0 saturated heterocycles. The van der Waals surface area contributed by atoms with Crippen molar-refractivity contribution in [2.45, 2.75) is 46.1 Å². The van der Waals surface area contributed by atoms with Crippen molar-refractivity contribution in [3.63, 3.8) is 0 Å². The lowest BCUT2D eigenvalue weighted by Gasteiger charge is -2.09. The van der Waals surface area contributed by atoms with Gasteiger partial charge >= 0.3 is 0 Å². The number of rotatable bonds is 10. The van der Waals surface area contributed by atoms with Crippen molar-refractivity contribution < 1.29 is 13.9 Å². The monoisotopic (exact) mass is 400 g/mol. The van der Waals surface area contributed by atoms with Crippen LogP contribution in [0, 0.1) is 4.77 Å². The number of H-pyrrole nitrogens is 1. The average molecular weight is 401 g/mol. The molecule has 2 aromatic heterocycles. The molecule has 1 aromatic carbocycles. The first-order chi connectivity index (χ1) is 13.7. The van der Waals surface area contributed by atoms with Crippen molar-refractivity contribution in [2.24, 2.45) is 0 Å². The lowest BCUT2D eigenvalue weighted by molar-refractivity contribution is -0.121. The molecule has 2 N–H and O–H groups in total. The molecule has 0 bridgehead atoms. The van der Waals surface area contributed by atoms with Crippen molar-refractivity contribution in [1.82, 2.24) is 20.1 Å². The molecule has 8 heteroatoms. The van der Waals surface area contributed by atoms with E-state index in [-0.39, 0.29) is 12.5 Å². The molecule has 0 saturated carbocycles. The predicted octanol–water partition coefficient (Wildman–Crippen LogP) is 3.52. The first kappa shape index (κ1) is 20.0. The predicted molar refractivity (Wildman–Crippen MR) is 107 cm³/mol. The highest BCUT2D eigenvalue weighted by molar-refractivity contribution is 7.71. The van der Waals surface area contributed by atoms with Crippen LogP contribution in [0.3, 0.4) is 0 Å². The summed E-state index contributed by atoms with van der Waals surface area (Å²) in [4.78, 5) is 12.3. The van der Waals surface area contributed by atoms with E-state index in [1.54, 1.807) is 10.8 Å². The number of hydrogen-bond acceptors (Lipinski definition) is 5. The first-order valence-corrected chi connectivity index (χ1v) is 9.65. The van der Waals surface area contributed by atoms with E-state index in [0.717, 1.165) is 35.6 Å². The summed E-state index contributed by atoms with van der Waals surface area (Å²) in [5.41, 5.74) is 2.05. The van der Waals surface area contributed by atoms with E-state index in [1.807, 2.05) is 36.4 Å². The fourth-order valence-corrected chi connectivity index (χ4v) is 3.04. The third-order valence-electron chi connectivity index (χ3n) is 4.19. The topological polar surface area (TPSA) is 85.1 Å². The van der Waals surface area contributed by atoms with Gasteiger partial charge in [0.1, 0.15) is 24.7 Å². The van der Waals surface area contributed by atoms with Crippen LogP contribution in [0.1, 0.15) is 36.1 Å². The Hall–Kier alpha value is -2.71. The lowest BCUT2D eigenvalue weighted by Crippen LogP contribution is -2.28. The summed E-state index contributed by atoms with van der Waals surface area (Å²) in [5, 5.41) is 9.87. The summed E-state index contributed by atoms with van der Waals surface area (Å²) in [7, 11) is 0. The molecular weight excluding hydrogens is 376 g/mol. The summed E-state index contributed by atoms with van der Waals surface area (Å²) in [5.74, 6) is 1.50. The Morgan fingerprint density at radius 2 is 2.14 bits per heavy atom. The van der Waals surface area contributed by atoms with Crippen molar-refractivity contribution >= 4 is 18.1 Å². The van der Waals surface area contributed by atoms with Crippen molar-refractivity contribution in [2.75, 3.05) is 0 Å². The molecule has 148 valence electrons. The van der Waals surface area contributed by atoms with E-state index in [9.17, 15) is 4.79 Å². The Balaban J connectivity index is 1.49. The van der Waals surface area contributed by atoms with Crippen LogP contribution in [0.5, 0.6) is 0 Å². The number of nitrogens with zero attached hydrogens (tertiary/aromatic N) is 2. The van der Waals surface area contributed by atoms with Crippen molar-refractivity contribution in [3.05, 3.63) is 70.1 Å². The normalized spacial score (nSPS) is 10.9. The highest BCUT2D eigenvalue weighted by Gasteiger charge is 2.10. The number of furan rings is 1. The fourth-order valence-electron chi connectivity index (χ4n) is 2.82. The minimum absolute atomic E-state index is 0.102. The Bertz CT molecular complexity index is 947. The Morgan fingerprint density at radius 1 is 1.29 bits per heavy atom. The third kappa shape index (κ3) is 5.64. The molecule has 28 heavy (non-hydrogen) atoms. The van der Waals surface area contributed by atoms with Crippen LogP contribution >= 0.6 is 12.2 Å². The molecule has 0 aliphatic carbocycles. The van der Waals surface area contributed by atoms with Gasteiger partial charge in [-0.3, -0.25) is 14.5 Å². The Labute approximate surface area is 168 Å². The summed E-state index contributed by atoms with van der Waals surface area (Å²) >= 11 is 5.21. The summed E-state index contributed by atoms with van der Waals surface area (Å²) in [6.45, 7) is 3.58. The van der Waals surface area contributed by atoms with E-state index in [2.05, 4.69) is 22.4 Å². The van der Waals surface area contributed by atoms with Crippen LogP contribution < -0.4 is 5.32 Å². The van der Waals surface area contributed by atoms with Crippen LogP contribution in [-0.4, -0.2) is 20.7 Å². The number of hydrogen-bond donors (Lipinski definition) is 2. The van der Waals surface area contributed by atoms with E-state index in [1.165, 1.54) is 0 Å². The van der Waals surface area contributed by atoms with Gasteiger partial charge in [0.2, 0.25) is 5.91 Å². The minimum Gasteiger partial charge on any atom is -0.467 e. The number of benzene rings is 1. The molecule has 2 heterocycles. The Kier molecular flexibility index (Phi) is 7.16. The maximum absolute atomic E-state index is 12.3. The van der Waals surface area contributed by atoms with Gasteiger partial charge < -0.3 is 14.5 Å². The van der Waals surface area contributed by atoms with Gasteiger partial charge in [0.15, 0.2) is 4.77 Å². The van der Waals surface area contributed by atoms with Crippen molar-refractivity contribution in [1.29, 1.82) is 0 Å². The molecule has 0 aliphatic rings. The van der Waals surface area contributed by atoms with Gasteiger partial charge in [0.25, 0.3) is 0 Å². The molecule has 3 aromatic rings. The minimum atomic E-state index is -0.102. The van der Waals surface area contributed by atoms with Gasteiger partial charge in [0.05, 0.1) is 12.9 Å². The summed E-state index contributed by atoms with van der Waals surface area (Å²) in [6.07, 6.45) is 3.35. The van der Waals surface area contributed by atoms with Crippen LogP contribution in [0.4, 0.5) is 0 Å². The smallest absolute Gasteiger partial charge is 0.240 e. The number of amides is 1. The van der Waals surface area contributed by atoms with Crippen LogP contribution in [0.15, 0.2) is 47.1 Å². The number of carbonyl (C=O) groups excluding carboxylic acids is 1. The zero-order valence-electron chi connectivity index (χ0n) is 15.8. The van der Waals surface area contributed by atoms with E-state index < -0.39 is 0 Å². The highest BCUT2D eigenvalue weighted by atomic mass is 32.1. The zero-order chi connectivity index (χ0) is 19.8. The van der Waals surface area contributed by atoms with Gasteiger partial charge in [0, 0.05) is 13.0 Å². The molecule has 1 amide bonds. The quantitative estimate of drug-likeness (QED) is 0.509. The molecule has 7 nitrogen and oxygen atoms in total. The number of nitrogens with one attached hydrogen (secondary N) is 2. The van der Waals surface area contributed by atoms with Gasteiger partial charge in [-0.2, -0.15) is 5.10 Å². The molecule has 0 spiro atoms. The van der Waals surface area contributed by atoms with Gasteiger partial charge in [-0.1, -0.05) is 31.2 Å². The summed E-state index contributed by atoms with van der Waals surface area (Å²) in [6, 6.07) is 11.7. The Morgan fingerprint density at radius 3 is 2.93 bits per heavy atom. The SMILES string of the molecule is CCCc1n[nH]c(=S)n1CC(=O)NCc1cccc(COCc2ccco2)c1. The lowest BCUT2D eigenvalue weighted by atomic mass is 10.1. The standard InChI is InChI=1S/C20H24N4O3S/c1-2-5-18-22-23-20(28)24(18)12-19(25)21-11-15-6-3-7-16(10-15)13-26-14-17-8-4-9-27-17/h3-4,6-10H,2,5,11-14H2,1H3,(H,21,25)(H,23,28). The largest absolute Gasteiger partial charge is 0.467 e. The number of aromatic amines is 1. The maximum atomic E-state index is 12.3. The van der Waals surface area contributed by atoms with E-state index in [0.29, 0.717) is 24.5 Å². The molecule has 3 rings (SSSR count). The van der Waals surface area contributed by atoms with E-state index >= 15 is 0 Å². The molecule has 0 radical (unpaired) electrons. The maximum Gasteiger partial charge on any atom is 0.240 e. The average Bonchev–Trinajstić information content (AvgIpc) is 3.32. The second-order valence-electron chi connectivity index (χ2n) is 6.45. The van der Waals surface area contributed by atoms with Crippen molar-refractivity contribution in [3.8, 4) is 0 Å². The number of aryl methyl sites for hydroxylation is 1. The number of ether oxygens (including phenoxy) is 1. The van der Waals surface area contributed by atoms with Crippen LogP contribution in [-0.2, 0) is 42.3 Å². The van der Waals surface area contributed by atoms with Crippen LogP contribution in [0.2, 0.25) is 0 Å². The van der Waals surface area contributed by atoms with E-state index in [4.69, 9.17) is 21.4 Å². The molecular formula is C20H24N4O3S. The van der Waals surface area contributed by atoms with Gasteiger partial charge in [-0.05, 0) is 41.9 Å². The van der Waals surface area contributed by atoms with Crippen LogP contribution in [0.25, 0.3) is 0 Å². The third-order valence-corrected chi connectivity index (χ3v) is 4.50. The molecule has 0 atom stereocenters.